The van der Waals surface area contributed by atoms with E-state index in [4.69, 9.17) is 0 Å². The molecule has 0 unspecified atom stereocenters. The topological polar surface area (TPSA) is 76.6 Å². The van der Waals surface area contributed by atoms with E-state index in [9.17, 15) is 13.2 Å². The monoisotopic (exact) mass is 272 g/mol. The second-order valence-electron chi connectivity index (χ2n) is 3.67. The van der Waals surface area contributed by atoms with E-state index in [1.165, 1.54) is 20.4 Å². The molecule has 1 heterocycles. The Morgan fingerprint density at radius 3 is 2.78 bits per heavy atom. The van der Waals surface area contributed by atoms with Crippen LogP contribution < -0.4 is 4.31 Å². The maximum atomic E-state index is 11.9. The zero-order chi connectivity index (χ0) is 13.6. The number of ether oxygens (including phenoxy) is 1. The molecular formula is C11H16N2O4S. The molecule has 0 bridgehead atoms. The van der Waals surface area contributed by atoms with Gasteiger partial charge in [0.1, 0.15) is 0 Å². The lowest BCUT2D eigenvalue weighted by molar-refractivity contribution is -0.140. The van der Waals surface area contributed by atoms with Gasteiger partial charge >= 0.3 is 5.97 Å². The van der Waals surface area contributed by atoms with Gasteiger partial charge in [0.15, 0.2) is 0 Å². The van der Waals surface area contributed by atoms with Gasteiger partial charge in [-0.3, -0.25) is 14.1 Å². The summed E-state index contributed by atoms with van der Waals surface area (Å²) in [5, 5.41) is 0. The molecule has 0 spiro atoms. The number of hydrogen-bond donors (Lipinski definition) is 0. The highest BCUT2D eigenvalue weighted by molar-refractivity contribution is 7.92. The van der Waals surface area contributed by atoms with Crippen molar-refractivity contribution in [1.82, 2.24) is 4.98 Å². The van der Waals surface area contributed by atoms with Gasteiger partial charge in [0, 0.05) is 19.7 Å². The number of anilines is 1. The lowest BCUT2D eigenvalue weighted by Gasteiger charge is -2.18. The number of carbonyl (C=O) groups is 1. The van der Waals surface area contributed by atoms with Crippen LogP contribution in [-0.4, -0.2) is 39.3 Å². The molecule has 0 saturated heterocycles. The Balaban J connectivity index is 2.61. The first-order valence-corrected chi connectivity index (χ1v) is 7.02. The van der Waals surface area contributed by atoms with Crippen LogP contribution in [0.3, 0.4) is 0 Å². The molecule has 1 rings (SSSR count). The van der Waals surface area contributed by atoms with Gasteiger partial charge in [0.25, 0.3) is 0 Å². The number of methoxy groups -OCH3 is 1. The highest BCUT2D eigenvalue weighted by Crippen LogP contribution is 2.15. The number of sulfonamides is 1. The first-order valence-electron chi connectivity index (χ1n) is 5.41. The maximum Gasteiger partial charge on any atom is 0.305 e. The van der Waals surface area contributed by atoms with E-state index in [1.807, 2.05) is 0 Å². The first kappa shape index (κ1) is 14.4. The summed E-state index contributed by atoms with van der Waals surface area (Å²) in [5.74, 6) is -0.512. The van der Waals surface area contributed by atoms with Crippen molar-refractivity contribution in [2.24, 2.45) is 0 Å². The number of pyridine rings is 1. The molecule has 18 heavy (non-hydrogen) atoms. The zero-order valence-electron chi connectivity index (χ0n) is 10.4. The van der Waals surface area contributed by atoms with E-state index in [1.54, 1.807) is 18.3 Å². The number of hydrogen-bond acceptors (Lipinski definition) is 5. The normalized spacial score (nSPS) is 11.0. The van der Waals surface area contributed by atoms with Gasteiger partial charge in [-0.2, -0.15) is 0 Å². The SMILES string of the molecule is COC(=O)CCCS(=O)(=O)N(C)c1cccnc1. The average molecular weight is 272 g/mol. The summed E-state index contributed by atoms with van der Waals surface area (Å²) in [4.78, 5) is 14.8. The molecule has 1 aromatic rings. The van der Waals surface area contributed by atoms with Gasteiger partial charge in [0.2, 0.25) is 10.0 Å². The van der Waals surface area contributed by atoms with E-state index < -0.39 is 16.0 Å². The number of aromatic nitrogens is 1. The highest BCUT2D eigenvalue weighted by atomic mass is 32.2. The summed E-state index contributed by atoms with van der Waals surface area (Å²) in [5.41, 5.74) is 0.496. The molecule has 0 fully saturated rings. The molecule has 0 aliphatic carbocycles. The van der Waals surface area contributed by atoms with E-state index >= 15 is 0 Å². The van der Waals surface area contributed by atoms with E-state index in [0.29, 0.717) is 5.69 Å². The molecule has 0 aromatic carbocycles. The third-order valence-electron chi connectivity index (χ3n) is 2.44. The van der Waals surface area contributed by atoms with Crippen molar-refractivity contribution < 1.29 is 17.9 Å². The second kappa shape index (κ2) is 6.34. The third kappa shape index (κ3) is 3.99. The minimum Gasteiger partial charge on any atom is -0.469 e. The van der Waals surface area contributed by atoms with Gasteiger partial charge < -0.3 is 4.74 Å². The van der Waals surface area contributed by atoms with Gasteiger partial charge in [0.05, 0.1) is 24.7 Å². The molecule has 6 nitrogen and oxygen atoms in total. The van der Waals surface area contributed by atoms with Crippen molar-refractivity contribution in [2.45, 2.75) is 12.8 Å². The minimum absolute atomic E-state index is 0.0939. The lowest BCUT2D eigenvalue weighted by Crippen LogP contribution is -2.29. The van der Waals surface area contributed by atoms with Crippen LogP contribution in [0.25, 0.3) is 0 Å². The predicted molar refractivity (Wildman–Crippen MR) is 67.7 cm³/mol. The van der Waals surface area contributed by atoms with Crippen molar-refractivity contribution >= 4 is 21.7 Å². The molecule has 0 amide bonds. The van der Waals surface area contributed by atoms with Crippen LogP contribution in [0.15, 0.2) is 24.5 Å². The third-order valence-corrected chi connectivity index (χ3v) is 4.29. The molecule has 1 aromatic heterocycles. The zero-order valence-corrected chi connectivity index (χ0v) is 11.2. The predicted octanol–water partition coefficient (Wildman–Crippen LogP) is 0.801. The maximum absolute atomic E-state index is 11.9. The van der Waals surface area contributed by atoms with Gasteiger partial charge in [-0.1, -0.05) is 0 Å². The van der Waals surface area contributed by atoms with Crippen molar-refractivity contribution in [2.75, 3.05) is 24.2 Å². The Morgan fingerprint density at radius 2 is 2.22 bits per heavy atom. The molecule has 100 valence electrons. The van der Waals surface area contributed by atoms with Crippen LogP contribution in [0, 0.1) is 0 Å². The van der Waals surface area contributed by atoms with E-state index in [0.717, 1.165) is 4.31 Å². The molecular weight excluding hydrogens is 256 g/mol. The Kier molecular flexibility index (Phi) is 5.08. The highest BCUT2D eigenvalue weighted by Gasteiger charge is 2.18. The minimum atomic E-state index is -3.43. The standard InChI is InChI=1S/C11H16N2O4S/c1-13(10-5-3-7-12-9-10)18(15,16)8-4-6-11(14)17-2/h3,5,7,9H,4,6,8H2,1-2H3. The quantitative estimate of drug-likeness (QED) is 0.716. The summed E-state index contributed by atoms with van der Waals surface area (Å²) in [6.45, 7) is 0. The largest absolute Gasteiger partial charge is 0.469 e. The summed E-state index contributed by atoms with van der Waals surface area (Å²) in [6.07, 6.45) is 3.37. The number of esters is 1. The molecule has 0 aliphatic heterocycles. The Bertz CT molecular complexity index is 487. The second-order valence-corrected chi connectivity index (χ2v) is 5.79. The van der Waals surface area contributed by atoms with Crippen LogP contribution in [-0.2, 0) is 19.6 Å². The molecule has 0 N–H and O–H groups in total. The average Bonchev–Trinajstić information content (AvgIpc) is 2.38. The molecule has 0 saturated carbocycles. The summed E-state index contributed by atoms with van der Waals surface area (Å²) in [7, 11) is -0.692. The van der Waals surface area contributed by atoms with Crippen molar-refractivity contribution in [3.63, 3.8) is 0 Å². The van der Waals surface area contributed by atoms with Crippen molar-refractivity contribution in [3.05, 3.63) is 24.5 Å². The Hall–Kier alpha value is -1.63. The van der Waals surface area contributed by atoms with Crippen molar-refractivity contribution in [3.8, 4) is 0 Å². The Labute approximate surface area is 107 Å². The lowest BCUT2D eigenvalue weighted by atomic mass is 10.3. The number of rotatable bonds is 6. The Morgan fingerprint density at radius 1 is 1.50 bits per heavy atom. The molecule has 7 heteroatoms. The van der Waals surface area contributed by atoms with Crippen LogP contribution in [0.4, 0.5) is 5.69 Å². The van der Waals surface area contributed by atoms with Crippen molar-refractivity contribution in [1.29, 1.82) is 0 Å². The summed E-state index contributed by atoms with van der Waals surface area (Å²) >= 11 is 0. The first-order chi connectivity index (χ1) is 8.47. The molecule has 0 radical (unpaired) electrons. The summed E-state index contributed by atoms with van der Waals surface area (Å²) in [6, 6.07) is 3.32. The van der Waals surface area contributed by atoms with Crippen LogP contribution >= 0.6 is 0 Å². The molecule has 0 aliphatic rings. The van der Waals surface area contributed by atoms with Crippen LogP contribution in [0.5, 0.6) is 0 Å². The van der Waals surface area contributed by atoms with Gasteiger partial charge in [-0.25, -0.2) is 8.42 Å². The number of carbonyl (C=O) groups excluding carboxylic acids is 1. The summed E-state index contributed by atoms with van der Waals surface area (Å²) < 4.78 is 29.5. The number of nitrogens with zero attached hydrogens (tertiary/aromatic N) is 2. The smallest absolute Gasteiger partial charge is 0.305 e. The van der Waals surface area contributed by atoms with Crippen LogP contribution in [0.2, 0.25) is 0 Å². The fourth-order valence-corrected chi connectivity index (χ4v) is 2.55. The van der Waals surface area contributed by atoms with Gasteiger partial charge in [-0.15, -0.1) is 0 Å². The van der Waals surface area contributed by atoms with Gasteiger partial charge in [-0.05, 0) is 18.6 Å². The van der Waals surface area contributed by atoms with Crippen LogP contribution in [0.1, 0.15) is 12.8 Å². The van der Waals surface area contributed by atoms with E-state index in [2.05, 4.69) is 9.72 Å². The fourth-order valence-electron chi connectivity index (χ4n) is 1.34. The van der Waals surface area contributed by atoms with E-state index in [-0.39, 0.29) is 18.6 Å². The molecule has 0 atom stereocenters. The fraction of sp³-hybridized carbons (Fsp3) is 0.455.